The quantitative estimate of drug-likeness (QED) is 0.640. The predicted molar refractivity (Wildman–Crippen MR) is 106 cm³/mol. The van der Waals surface area contributed by atoms with Gasteiger partial charge in [-0.15, -0.1) is 12.4 Å². The number of halogens is 1. The van der Waals surface area contributed by atoms with Gasteiger partial charge < -0.3 is 16.4 Å². The van der Waals surface area contributed by atoms with Crippen LogP contribution in [0.15, 0.2) is 30.3 Å². The fourth-order valence-corrected chi connectivity index (χ4v) is 3.60. The van der Waals surface area contributed by atoms with Crippen LogP contribution >= 0.6 is 24.2 Å². The summed E-state index contributed by atoms with van der Waals surface area (Å²) in [5, 5.41) is 5.98. The van der Waals surface area contributed by atoms with Crippen molar-refractivity contribution in [1.82, 2.24) is 10.6 Å². The Morgan fingerprint density at radius 2 is 2.00 bits per heavy atom. The highest BCUT2D eigenvalue weighted by Gasteiger charge is 2.30. The molecule has 1 aliphatic carbocycles. The van der Waals surface area contributed by atoms with Crippen LogP contribution in [0.25, 0.3) is 0 Å². The molecule has 0 aromatic heterocycles. The van der Waals surface area contributed by atoms with Crippen LogP contribution in [0, 0.1) is 5.92 Å². The molecular weight excluding hydrogens is 358 g/mol. The number of carbonyl (C=O) groups excluding carboxylic acids is 2. The van der Waals surface area contributed by atoms with Gasteiger partial charge in [0.1, 0.15) is 6.04 Å². The van der Waals surface area contributed by atoms with Crippen LogP contribution in [0.3, 0.4) is 0 Å². The summed E-state index contributed by atoms with van der Waals surface area (Å²) in [7, 11) is 0. The molecular formula is C18H28ClN3O2S. The Labute approximate surface area is 160 Å². The van der Waals surface area contributed by atoms with E-state index in [9.17, 15) is 9.59 Å². The van der Waals surface area contributed by atoms with Crippen molar-refractivity contribution in [2.45, 2.75) is 37.8 Å². The number of thioether (sulfide) groups is 1. The third kappa shape index (κ3) is 6.53. The van der Waals surface area contributed by atoms with Crippen LogP contribution < -0.4 is 16.4 Å². The van der Waals surface area contributed by atoms with Crippen molar-refractivity contribution in [3.63, 3.8) is 0 Å². The predicted octanol–water partition coefficient (Wildman–Crippen LogP) is 2.20. The molecule has 5 nitrogen and oxygen atoms in total. The Hall–Kier alpha value is -1.24. The van der Waals surface area contributed by atoms with Gasteiger partial charge in [-0.05, 0) is 55.9 Å². The van der Waals surface area contributed by atoms with Gasteiger partial charge in [0.15, 0.2) is 0 Å². The van der Waals surface area contributed by atoms with Crippen LogP contribution in [-0.2, 0) is 4.79 Å². The highest BCUT2D eigenvalue weighted by molar-refractivity contribution is 7.98. The molecule has 7 heteroatoms. The second kappa shape index (κ2) is 11.4. The van der Waals surface area contributed by atoms with Gasteiger partial charge in [-0.1, -0.05) is 24.6 Å². The molecule has 2 rings (SSSR count). The lowest BCUT2D eigenvalue weighted by atomic mass is 10.0. The third-order valence-corrected chi connectivity index (χ3v) is 5.20. The zero-order chi connectivity index (χ0) is 17.4. The van der Waals surface area contributed by atoms with Crippen molar-refractivity contribution in [2.75, 3.05) is 18.6 Å². The van der Waals surface area contributed by atoms with Crippen molar-refractivity contribution >= 4 is 36.0 Å². The maximum absolute atomic E-state index is 12.7. The van der Waals surface area contributed by atoms with Gasteiger partial charge in [0.05, 0.1) is 0 Å². The summed E-state index contributed by atoms with van der Waals surface area (Å²) < 4.78 is 0. The van der Waals surface area contributed by atoms with Gasteiger partial charge in [-0.2, -0.15) is 11.8 Å². The molecule has 0 spiro atoms. The second-order valence-corrected chi connectivity index (χ2v) is 7.20. The SMILES string of the molecule is CSCCC(NC(=O)c1ccccc1)C(=O)NC1CCCC1CN.Cl. The topological polar surface area (TPSA) is 84.2 Å². The highest BCUT2D eigenvalue weighted by Crippen LogP contribution is 2.24. The molecule has 2 amide bonds. The number of benzene rings is 1. The number of nitrogens with two attached hydrogens (primary N) is 1. The molecule has 25 heavy (non-hydrogen) atoms. The van der Waals surface area contributed by atoms with Crippen LogP contribution in [-0.4, -0.2) is 42.5 Å². The summed E-state index contributed by atoms with van der Waals surface area (Å²) in [4.78, 5) is 25.0. The van der Waals surface area contributed by atoms with E-state index in [1.807, 2.05) is 24.5 Å². The van der Waals surface area contributed by atoms with Crippen molar-refractivity contribution in [3.8, 4) is 0 Å². The van der Waals surface area contributed by atoms with Crippen molar-refractivity contribution < 1.29 is 9.59 Å². The van der Waals surface area contributed by atoms with Gasteiger partial charge in [-0.3, -0.25) is 9.59 Å². The molecule has 1 aromatic carbocycles. The first-order valence-corrected chi connectivity index (χ1v) is 9.90. The molecule has 0 heterocycles. The minimum Gasteiger partial charge on any atom is -0.351 e. The van der Waals surface area contributed by atoms with E-state index in [0.717, 1.165) is 25.0 Å². The maximum Gasteiger partial charge on any atom is 0.251 e. The molecule has 0 saturated heterocycles. The van der Waals surface area contributed by atoms with E-state index in [1.165, 1.54) is 0 Å². The second-order valence-electron chi connectivity index (χ2n) is 6.22. The lowest BCUT2D eigenvalue weighted by molar-refractivity contribution is -0.123. The molecule has 0 aliphatic heterocycles. The summed E-state index contributed by atoms with van der Waals surface area (Å²) in [5.74, 6) is 0.857. The van der Waals surface area contributed by atoms with Gasteiger partial charge >= 0.3 is 0 Å². The number of hydrogen-bond acceptors (Lipinski definition) is 4. The maximum atomic E-state index is 12.7. The van der Waals surface area contributed by atoms with Crippen molar-refractivity contribution in [3.05, 3.63) is 35.9 Å². The molecule has 0 radical (unpaired) electrons. The van der Waals surface area contributed by atoms with E-state index in [0.29, 0.717) is 24.4 Å². The Morgan fingerprint density at radius 3 is 2.64 bits per heavy atom. The summed E-state index contributed by atoms with van der Waals surface area (Å²) in [6, 6.07) is 8.62. The van der Waals surface area contributed by atoms with E-state index in [4.69, 9.17) is 5.73 Å². The average Bonchev–Trinajstić information content (AvgIpc) is 3.06. The van der Waals surface area contributed by atoms with E-state index < -0.39 is 6.04 Å². The van der Waals surface area contributed by atoms with Gasteiger partial charge in [-0.25, -0.2) is 0 Å². The number of nitrogens with one attached hydrogen (secondary N) is 2. The number of amides is 2. The molecule has 3 unspecified atom stereocenters. The average molecular weight is 386 g/mol. The van der Waals surface area contributed by atoms with E-state index in [-0.39, 0.29) is 30.3 Å². The fraction of sp³-hybridized carbons (Fsp3) is 0.556. The fourth-order valence-electron chi connectivity index (χ4n) is 3.13. The number of rotatable bonds is 8. The molecule has 3 atom stereocenters. The van der Waals surface area contributed by atoms with E-state index >= 15 is 0 Å². The first-order chi connectivity index (χ1) is 11.7. The standard InChI is InChI=1S/C18H27N3O2S.ClH/c1-24-11-10-16(21-17(22)13-6-3-2-4-7-13)18(23)20-15-9-5-8-14(15)12-19;/h2-4,6-7,14-16H,5,8-12,19H2,1H3,(H,20,23)(H,21,22);1H. The number of carbonyl (C=O) groups is 2. The first kappa shape index (κ1) is 21.8. The molecule has 1 saturated carbocycles. The Morgan fingerprint density at radius 1 is 1.28 bits per heavy atom. The molecule has 4 N–H and O–H groups in total. The van der Waals surface area contributed by atoms with Crippen molar-refractivity contribution in [2.24, 2.45) is 11.7 Å². The third-order valence-electron chi connectivity index (χ3n) is 4.56. The molecule has 1 fully saturated rings. The first-order valence-electron chi connectivity index (χ1n) is 8.51. The summed E-state index contributed by atoms with van der Waals surface area (Å²) in [6.07, 6.45) is 5.74. The van der Waals surface area contributed by atoms with Gasteiger partial charge in [0.2, 0.25) is 5.91 Å². The van der Waals surface area contributed by atoms with Crippen LogP contribution in [0.5, 0.6) is 0 Å². The lowest BCUT2D eigenvalue weighted by Crippen LogP contribution is -2.51. The van der Waals surface area contributed by atoms with E-state index in [1.54, 1.807) is 23.9 Å². The molecule has 1 aliphatic rings. The van der Waals surface area contributed by atoms with Gasteiger partial charge in [0.25, 0.3) is 5.91 Å². The molecule has 140 valence electrons. The normalized spacial score (nSPS) is 20.4. The van der Waals surface area contributed by atoms with E-state index in [2.05, 4.69) is 10.6 Å². The summed E-state index contributed by atoms with van der Waals surface area (Å²) in [5.41, 5.74) is 6.36. The molecule has 0 bridgehead atoms. The van der Waals surface area contributed by atoms with Crippen LogP contribution in [0.1, 0.15) is 36.0 Å². The van der Waals surface area contributed by atoms with Gasteiger partial charge in [0, 0.05) is 11.6 Å². The van der Waals surface area contributed by atoms with Crippen LogP contribution in [0.2, 0.25) is 0 Å². The Bertz CT molecular complexity index is 544. The minimum atomic E-state index is -0.510. The highest BCUT2D eigenvalue weighted by atomic mass is 35.5. The van der Waals surface area contributed by atoms with Crippen molar-refractivity contribution in [1.29, 1.82) is 0 Å². The number of hydrogen-bond donors (Lipinski definition) is 3. The largest absolute Gasteiger partial charge is 0.351 e. The summed E-state index contributed by atoms with van der Waals surface area (Å²) in [6.45, 7) is 0.594. The monoisotopic (exact) mass is 385 g/mol. The zero-order valence-corrected chi connectivity index (χ0v) is 16.2. The Kier molecular flexibility index (Phi) is 9.93. The molecule has 1 aromatic rings. The smallest absolute Gasteiger partial charge is 0.251 e. The summed E-state index contributed by atoms with van der Waals surface area (Å²) >= 11 is 1.67. The Balaban J connectivity index is 0.00000312. The minimum absolute atomic E-state index is 0. The van der Waals surface area contributed by atoms with Crippen LogP contribution in [0.4, 0.5) is 0 Å². The lowest BCUT2D eigenvalue weighted by Gasteiger charge is -2.24. The zero-order valence-electron chi connectivity index (χ0n) is 14.6.